The van der Waals surface area contributed by atoms with Gasteiger partial charge in [-0.3, -0.25) is 0 Å². The van der Waals surface area contributed by atoms with Crippen LogP contribution in [0, 0.1) is 22.7 Å². The van der Waals surface area contributed by atoms with Gasteiger partial charge in [0, 0.05) is 12.0 Å². The van der Waals surface area contributed by atoms with Crippen LogP contribution >= 0.6 is 0 Å². The Hall–Kier alpha value is -1.24. The minimum absolute atomic E-state index is 0.240. The molecule has 4 heteroatoms. The molecule has 1 spiro atoms. The molecule has 0 bridgehead atoms. The van der Waals surface area contributed by atoms with Gasteiger partial charge in [0.05, 0.1) is 6.07 Å². The number of ether oxygens (including phenoxy) is 1. The van der Waals surface area contributed by atoms with Gasteiger partial charge in [0.2, 0.25) is 0 Å². The highest BCUT2D eigenvalue weighted by atomic mass is 16.6. The van der Waals surface area contributed by atoms with E-state index >= 15 is 0 Å². The number of carbonyl (C=O) groups is 1. The first-order chi connectivity index (χ1) is 7.82. The molecular formula is C13H20N2O2. The third-order valence-electron chi connectivity index (χ3n) is 3.62. The van der Waals surface area contributed by atoms with Crippen molar-refractivity contribution in [3.05, 3.63) is 0 Å². The molecule has 2 aliphatic carbocycles. The number of nitrogens with zero attached hydrogens (tertiary/aromatic N) is 1. The van der Waals surface area contributed by atoms with Crippen molar-refractivity contribution in [2.24, 2.45) is 11.3 Å². The second-order valence-electron chi connectivity index (χ2n) is 6.49. The molecule has 0 aromatic carbocycles. The molecule has 1 N–H and O–H groups in total. The molecule has 0 aromatic heterocycles. The van der Waals surface area contributed by atoms with Crippen LogP contribution in [0.3, 0.4) is 0 Å². The first-order valence-electron chi connectivity index (χ1n) is 6.21. The predicted molar refractivity (Wildman–Crippen MR) is 63.2 cm³/mol. The molecule has 17 heavy (non-hydrogen) atoms. The van der Waals surface area contributed by atoms with Crippen LogP contribution in [0.25, 0.3) is 0 Å². The van der Waals surface area contributed by atoms with Crippen LogP contribution in [0.2, 0.25) is 0 Å². The molecule has 0 aliphatic heterocycles. The van der Waals surface area contributed by atoms with Crippen molar-refractivity contribution < 1.29 is 9.53 Å². The largest absolute Gasteiger partial charge is 0.444 e. The summed E-state index contributed by atoms with van der Waals surface area (Å²) < 4.78 is 5.20. The normalized spacial score (nSPS) is 35.4. The maximum absolute atomic E-state index is 11.5. The minimum Gasteiger partial charge on any atom is -0.444 e. The van der Waals surface area contributed by atoms with Crippen molar-refractivity contribution in [3.8, 4) is 6.07 Å². The molecule has 0 saturated heterocycles. The summed E-state index contributed by atoms with van der Waals surface area (Å²) in [6.07, 6.45) is 3.70. The standard InChI is InChI=1S/C13H20N2O2/c1-12(2,3)17-11(16)15-10-6-13(7-10)4-9(5-13)8-14/h9-10H,4-7H2,1-3H3,(H,15,16). The number of hydrogen-bond acceptors (Lipinski definition) is 3. The van der Waals surface area contributed by atoms with Crippen LogP contribution < -0.4 is 5.32 Å². The first-order valence-corrected chi connectivity index (χ1v) is 6.21. The van der Waals surface area contributed by atoms with E-state index in [2.05, 4.69) is 11.4 Å². The summed E-state index contributed by atoms with van der Waals surface area (Å²) in [5.41, 5.74) is -0.0754. The van der Waals surface area contributed by atoms with Crippen LogP contribution in [-0.4, -0.2) is 17.7 Å². The van der Waals surface area contributed by atoms with Gasteiger partial charge in [0.25, 0.3) is 0 Å². The molecule has 0 atom stereocenters. The van der Waals surface area contributed by atoms with E-state index in [-0.39, 0.29) is 18.1 Å². The van der Waals surface area contributed by atoms with E-state index in [0.717, 1.165) is 25.7 Å². The lowest BCUT2D eigenvalue weighted by atomic mass is 9.50. The summed E-state index contributed by atoms with van der Waals surface area (Å²) in [5, 5.41) is 11.6. The van der Waals surface area contributed by atoms with E-state index in [0.29, 0.717) is 5.41 Å². The molecular weight excluding hydrogens is 216 g/mol. The van der Waals surface area contributed by atoms with Crippen LogP contribution in [0.5, 0.6) is 0 Å². The molecule has 0 unspecified atom stereocenters. The molecule has 0 heterocycles. The molecule has 0 aromatic rings. The number of rotatable bonds is 1. The van der Waals surface area contributed by atoms with Gasteiger partial charge in [-0.2, -0.15) is 5.26 Å². The molecule has 2 saturated carbocycles. The predicted octanol–water partition coefficient (Wildman–Crippen LogP) is 2.59. The van der Waals surface area contributed by atoms with Gasteiger partial charge in [-0.05, 0) is 51.9 Å². The molecule has 94 valence electrons. The second-order valence-corrected chi connectivity index (χ2v) is 6.49. The van der Waals surface area contributed by atoms with Gasteiger partial charge in [-0.1, -0.05) is 0 Å². The highest BCUT2D eigenvalue weighted by Gasteiger charge is 2.53. The Kier molecular flexibility index (Phi) is 2.81. The van der Waals surface area contributed by atoms with E-state index in [1.807, 2.05) is 20.8 Å². The van der Waals surface area contributed by atoms with Crippen LogP contribution in [0.1, 0.15) is 46.5 Å². The number of carbonyl (C=O) groups excluding carboxylic acids is 1. The number of hydrogen-bond donors (Lipinski definition) is 1. The van der Waals surface area contributed by atoms with Gasteiger partial charge < -0.3 is 10.1 Å². The van der Waals surface area contributed by atoms with Crippen molar-refractivity contribution in [1.82, 2.24) is 5.32 Å². The number of nitriles is 1. The van der Waals surface area contributed by atoms with E-state index in [1.165, 1.54) is 0 Å². The fraction of sp³-hybridized carbons (Fsp3) is 0.846. The zero-order valence-electron chi connectivity index (χ0n) is 10.7. The average molecular weight is 236 g/mol. The van der Waals surface area contributed by atoms with Crippen molar-refractivity contribution in [2.45, 2.75) is 58.1 Å². The SMILES string of the molecule is CC(C)(C)OC(=O)NC1CC2(CC(C#N)C2)C1. The summed E-state index contributed by atoms with van der Waals surface area (Å²) in [5.74, 6) is 0.248. The Morgan fingerprint density at radius 3 is 2.41 bits per heavy atom. The summed E-state index contributed by atoms with van der Waals surface area (Å²) >= 11 is 0. The summed E-state index contributed by atoms with van der Waals surface area (Å²) in [6, 6.07) is 2.54. The van der Waals surface area contributed by atoms with Gasteiger partial charge in [0.1, 0.15) is 5.60 Å². The van der Waals surface area contributed by atoms with Gasteiger partial charge >= 0.3 is 6.09 Å². The zero-order valence-corrected chi connectivity index (χ0v) is 10.7. The first kappa shape index (κ1) is 12.2. The zero-order chi connectivity index (χ0) is 12.7. The lowest BCUT2D eigenvalue weighted by Gasteiger charge is -2.56. The van der Waals surface area contributed by atoms with E-state index in [4.69, 9.17) is 10.00 Å². The second kappa shape index (κ2) is 3.90. The number of nitrogens with one attached hydrogen (secondary N) is 1. The summed E-state index contributed by atoms with van der Waals surface area (Å²) in [6.45, 7) is 5.58. The maximum atomic E-state index is 11.5. The van der Waals surface area contributed by atoms with Crippen molar-refractivity contribution in [2.75, 3.05) is 0 Å². The third-order valence-corrected chi connectivity index (χ3v) is 3.62. The van der Waals surface area contributed by atoms with Crippen LogP contribution in [-0.2, 0) is 4.74 Å². The van der Waals surface area contributed by atoms with E-state index < -0.39 is 5.60 Å². The molecule has 2 fully saturated rings. The number of alkyl carbamates (subject to hydrolysis) is 1. The van der Waals surface area contributed by atoms with Crippen molar-refractivity contribution in [3.63, 3.8) is 0 Å². The number of amides is 1. The Labute approximate surface area is 102 Å². The highest BCUT2D eigenvalue weighted by molar-refractivity contribution is 5.68. The van der Waals surface area contributed by atoms with Gasteiger partial charge in [-0.25, -0.2) is 4.79 Å². The minimum atomic E-state index is -0.437. The molecule has 2 rings (SSSR count). The molecule has 4 nitrogen and oxygen atoms in total. The Morgan fingerprint density at radius 2 is 1.94 bits per heavy atom. The summed E-state index contributed by atoms with van der Waals surface area (Å²) in [4.78, 5) is 11.5. The van der Waals surface area contributed by atoms with E-state index in [1.54, 1.807) is 0 Å². The average Bonchev–Trinajstić information content (AvgIpc) is 2.03. The van der Waals surface area contributed by atoms with Gasteiger partial charge in [0.15, 0.2) is 0 Å². The fourth-order valence-corrected chi connectivity index (χ4v) is 2.97. The molecule has 0 radical (unpaired) electrons. The third kappa shape index (κ3) is 2.71. The van der Waals surface area contributed by atoms with E-state index in [9.17, 15) is 4.79 Å². The van der Waals surface area contributed by atoms with Crippen LogP contribution in [0.4, 0.5) is 4.79 Å². The fourth-order valence-electron chi connectivity index (χ4n) is 2.97. The van der Waals surface area contributed by atoms with Gasteiger partial charge in [-0.15, -0.1) is 0 Å². The molecule has 2 aliphatic rings. The van der Waals surface area contributed by atoms with Crippen molar-refractivity contribution >= 4 is 6.09 Å². The molecule has 1 amide bonds. The lowest BCUT2D eigenvalue weighted by molar-refractivity contribution is -0.0329. The van der Waals surface area contributed by atoms with Crippen molar-refractivity contribution in [1.29, 1.82) is 5.26 Å². The topological polar surface area (TPSA) is 62.1 Å². The Bertz CT molecular complexity index is 351. The lowest BCUT2D eigenvalue weighted by Crippen LogP contribution is -2.56. The Balaban J connectivity index is 1.68. The smallest absolute Gasteiger partial charge is 0.407 e. The highest BCUT2D eigenvalue weighted by Crippen LogP contribution is 2.58. The monoisotopic (exact) mass is 236 g/mol. The quantitative estimate of drug-likeness (QED) is 0.761. The maximum Gasteiger partial charge on any atom is 0.407 e. The van der Waals surface area contributed by atoms with Crippen LogP contribution in [0.15, 0.2) is 0 Å². The summed E-state index contributed by atoms with van der Waals surface area (Å²) in [7, 11) is 0. The Morgan fingerprint density at radius 1 is 1.35 bits per heavy atom.